The first-order valence-corrected chi connectivity index (χ1v) is 13.5. The molecule has 1 aromatic heterocycles. The molecule has 1 atom stereocenters. The van der Waals surface area contributed by atoms with E-state index in [2.05, 4.69) is 34.6 Å². The van der Waals surface area contributed by atoms with Crippen molar-refractivity contribution in [1.29, 1.82) is 0 Å². The number of alkyl halides is 1. The minimum atomic E-state index is -0.367. The second-order valence-electron chi connectivity index (χ2n) is 8.39. The first-order chi connectivity index (χ1) is 17.4. The van der Waals surface area contributed by atoms with E-state index in [1.54, 1.807) is 12.1 Å². The van der Waals surface area contributed by atoms with Gasteiger partial charge in [-0.1, -0.05) is 72.2 Å². The van der Waals surface area contributed by atoms with Crippen LogP contribution < -0.4 is 10.2 Å². The van der Waals surface area contributed by atoms with Gasteiger partial charge in [0.1, 0.15) is 18.2 Å². The van der Waals surface area contributed by atoms with Crippen molar-refractivity contribution in [2.75, 3.05) is 17.1 Å². The number of thioether (sulfide) groups is 1. The number of carbonyl (C=O) groups excluding carboxylic acids is 1. The lowest BCUT2D eigenvalue weighted by atomic mass is 9.99. The average molecular weight is 569 g/mol. The summed E-state index contributed by atoms with van der Waals surface area (Å²) < 4.78 is 7.64. The van der Waals surface area contributed by atoms with Crippen LogP contribution in [0, 0.1) is 5.92 Å². The zero-order valence-corrected chi connectivity index (χ0v) is 22.7. The zero-order chi connectivity index (χ0) is 25.7. The van der Waals surface area contributed by atoms with Crippen LogP contribution >= 0.6 is 46.6 Å². The monoisotopic (exact) mass is 567 g/mol. The van der Waals surface area contributed by atoms with Gasteiger partial charge < -0.3 is 9.57 Å². The normalized spacial score (nSPS) is 15.1. The molecule has 36 heavy (non-hydrogen) atoms. The summed E-state index contributed by atoms with van der Waals surface area (Å²) in [5.41, 5.74) is 5.05. The third-order valence-corrected chi connectivity index (χ3v) is 7.30. The highest BCUT2D eigenvalue weighted by molar-refractivity contribution is 7.99. The summed E-state index contributed by atoms with van der Waals surface area (Å²) in [6.07, 6.45) is 0.187. The lowest BCUT2D eigenvalue weighted by Gasteiger charge is -2.14. The number of ether oxygens (including phenoxy) is 1. The van der Waals surface area contributed by atoms with E-state index in [1.165, 1.54) is 16.4 Å². The van der Waals surface area contributed by atoms with Crippen molar-refractivity contribution in [1.82, 2.24) is 14.9 Å². The van der Waals surface area contributed by atoms with Crippen molar-refractivity contribution >= 4 is 58.2 Å². The molecule has 4 rings (SSSR count). The lowest BCUT2D eigenvalue weighted by molar-refractivity contribution is -0.114. The van der Waals surface area contributed by atoms with Crippen LogP contribution in [0.3, 0.4) is 0 Å². The van der Waals surface area contributed by atoms with Gasteiger partial charge in [-0.3, -0.25) is 10.2 Å². The van der Waals surface area contributed by atoms with Gasteiger partial charge in [-0.05, 0) is 30.2 Å². The summed E-state index contributed by atoms with van der Waals surface area (Å²) in [6.45, 7) is 4.27. The predicted molar refractivity (Wildman–Crippen MR) is 143 cm³/mol. The number of rotatable bonds is 10. The van der Waals surface area contributed by atoms with Crippen molar-refractivity contribution in [3.8, 4) is 5.75 Å². The molecule has 190 valence electrons. The quantitative estimate of drug-likeness (QED) is 0.235. The first kappa shape index (κ1) is 26.6. The van der Waals surface area contributed by atoms with E-state index in [0.717, 1.165) is 22.6 Å². The van der Waals surface area contributed by atoms with Crippen LogP contribution in [0.2, 0.25) is 10.0 Å². The highest BCUT2D eigenvalue weighted by Gasteiger charge is 2.27. The molecule has 0 aliphatic carbocycles. The maximum atomic E-state index is 12.0. The number of oxime groups is 1. The number of halogens is 3. The zero-order valence-electron chi connectivity index (χ0n) is 19.6. The van der Waals surface area contributed by atoms with Crippen molar-refractivity contribution in [3.05, 3.63) is 69.5 Å². The number of aromatic nitrogens is 3. The largest absolute Gasteiger partial charge is 0.485 e. The summed E-state index contributed by atoms with van der Waals surface area (Å²) in [5, 5.41) is 14.4. The standard InChI is InChI=1S/C24H24Cl3N5O3S/c1-14(2)13-36-24-29-28-22(32(24)30-23(33)11-25)12-34-20-6-4-3-5-17(20)19-10-21(35-31-19)16-8-7-15(26)9-18(16)27/h3-9,14,21H,10-13H2,1-2H3,(H,30,33). The molecule has 1 N–H and O–H groups in total. The summed E-state index contributed by atoms with van der Waals surface area (Å²) in [7, 11) is 0. The number of nitrogens with zero attached hydrogens (tertiary/aromatic N) is 4. The number of hydrogen-bond donors (Lipinski definition) is 1. The van der Waals surface area contributed by atoms with Gasteiger partial charge in [0.15, 0.2) is 11.9 Å². The number of para-hydroxylation sites is 1. The van der Waals surface area contributed by atoms with E-state index < -0.39 is 0 Å². The van der Waals surface area contributed by atoms with Crippen molar-refractivity contribution in [2.45, 2.75) is 38.1 Å². The average Bonchev–Trinajstić information content (AvgIpc) is 3.49. The highest BCUT2D eigenvalue weighted by Crippen LogP contribution is 2.36. The van der Waals surface area contributed by atoms with E-state index >= 15 is 0 Å². The molecule has 2 aromatic carbocycles. The third-order valence-electron chi connectivity index (χ3n) is 5.14. The fourth-order valence-corrected chi connectivity index (χ4v) is 4.89. The van der Waals surface area contributed by atoms with Gasteiger partial charge in [0, 0.05) is 33.3 Å². The minimum absolute atomic E-state index is 0.0649. The SMILES string of the molecule is CC(C)CSc1nnc(COc2ccccc2C2=NOC(c3ccc(Cl)cc3Cl)C2)n1NC(=O)CCl. The summed E-state index contributed by atoms with van der Waals surface area (Å²) >= 11 is 19.6. The molecular formula is C24H24Cl3N5O3S. The number of nitrogens with one attached hydrogen (secondary N) is 1. The number of amides is 1. The van der Waals surface area contributed by atoms with Crippen LogP contribution in [0.1, 0.15) is 43.3 Å². The van der Waals surface area contributed by atoms with E-state index in [9.17, 15) is 4.79 Å². The molecule has 2 heterocycles. The second-order valence-corrected chi connectivity index (χ2v) is 10.5. The van der Waals surface area contributed by atoms with Crippen LogP contribution in [0.25, 0.3) is 0 Å². The molecule has 3 aromatic rings. The Morgan fingerprint density at radius 1 is 1.25 bits per heavy atom. The molecule has 8 nitrogen and oxygen atoms in total. The topological polar surface area (TPSA) is 90.6 Å². The van der Waals surface area contributed by atoms with Crippen molar-refractivity contribution in [3.63, 3.8) is 0 Å². The molecule has 0 saturated carbocycles. The Morgan fingerprint density at radius 3 is 2.81 bits per heavy atom. The van der Waals surface area contributed by atoms with Crippen molar-refractivity contribution < 1.29 is 14.4 Å². The number of carbonyl (C=O) groups is 1. The van der Waals surface area contributed by atoms with Gasteiger partial charge in [0.25, 0.3) is 5.91 Å². The summed E-state index contributed by atoms with van der Waals surface area (Å²) in [4.78, 5) is 17.7. The minimum Gasteiger partial charge on any atom is -0.485 e. The Labute approximate surface area is 228 Å². The van der Waals surface area contributed by atoms with Gasteiger partial charge in [0.2, 0.25) is 5.16 Å². The molecule has 0 fully saturated rings. The second kappa shape index (κ2) is 12.2. The maximum Gasteiger partial charge on any atom is 0.253 e. The number of benzene rings is 2. The Bertz CT molecular complexity index is 1270. The summed E-state index contributed by atoms with van der Waals surface area (Å²) in [6, 6.07) is 12.8. The molecule has 0 spiro atoms. The Kier molecular flexibility index (Phi) is 9.00. The molecule has 1 aliphatic heterocycles. The molecule has 0 saturated heterocycles. The highest BCUT2D eigenvalue weighted by atomic mass is 35.5. The summed E-state index contributed by atoms with van der Waals surface area (Å²) in [5.74, 6) is 1.73. The molecule has 1 unspecified atom stereocenters. The van der Waals surface area contributed by atoms with Gasteiger partial charge in [-0.2, -0.15) is 0 Å². The van der Waals surface area contributed by atoms with Crippen LogP contribution in [0.15, 0.2) is 52.8 Å². The van der Waals surface area contributed by atoms with E-state index in [-0.39, 0.29) is 24.5 Å². The first-order valence-electron chi connectivity index (χ1n) is 11.2. The van der Waals surface area contributed by atoms with Crippen LogP contribution in [0.5, 0.6) is 5.75 Å². The van der Waals surface area contributed by atoms with Crippen LogP contribution in [-0.2, 0) is 16.2 Å². The van der Waals surface area contributed by atoms with Crippen molar-refractivity contribution in [2.24, 2.45) is 11.1 Å². The maximum absolute atomic E-state index is 12.0. The van der Waals surface area contributed by atoms with E-state index in [4.69, 9.17) is 44.4 Å². The Morgan fingerprint density at radius 2 is 2.06 bits per heavy atom. The van der Waals surface area contributed by atoms with Gasteiger partial charge in [0.05, 0.1) is 5.71 Å². The fraction of sp³-hybridized carbons (Fsp3) is 0.333. The van der Waals surface area contributed by atoms with E-state index in [0.29, 0.717) is 39.1 Å². The van der Waals surface area contributed by atoms with Gasteiger partial charge in [-0.25, -0.2) is 4.68 Å². The smallest absolute Gasteiger partial charge is 0.253 e. The Balaban J connectivity index is 1.50. The molecular weight excluding hydrogens is 545 g/mol. The molecule has 12 heteroatoms. The molecule has 0 bridgehead atoms. The molecule has 1 amide bonds. The van der Waals surface area contributed by atoms with E-state index in [1.807, 2.05) is 30.3 Å². The van der Waals surface area contributed by atoms with Crippen LogP contribution in [-0.4, -0.2) is 38.1 Å². The predicted octanol–water partition coefficient (Wildman–Crippen LogP) is 6.09. The van der Waals surface area contributed by atoms with Crippen LogP contribution in [0.4, 0.5) is 0 Å². The number of hydrogen-bond acceptors (Lipinski definition) is 7. The Hall–Kier alpha value is -2.46. The molecule has 1 aliphatic rings. The third kappa shape index (κ3) is 6.45. The lowest BCUT2D eigenvalue weighted by Crippen LogP contribution is -2.27. The molecule has 0 radical (unpaired) electrons. The van der Waals surface area contributed by atoms with Gasteiger partial charge in [-0.15, -0.1) is 21.8 Å². The fourth-order valence-electron chi connectivity index (χ4n) is 3.43. The van der Waals surface area contributed by atoms with Gasteiger partial charge >= 0.3 is 0 Å².